The third-order valence-corrected chi connectivity index (χ3v) is 5.16. The summed E-state index contributed by atoms with van der Waals surface area (Å²) < 4.78 is 2.25. The molecule has 2 heterocycles. The number of nitrogens with zero attached hydrogens (tertiary/aromatic N) is 2. The van der Waals surface area contributed by atoms with Gasteiger partial charge in [-0.15, -0.1) is 0 Å². The molecule has 3 rings (SSSR count). The van der Waals surface area contributed by atoms with Gasteiger partial charge in [0.05, 0.1) is 6.04 Å². The molecule has 0 radical (unpaired) electrons. The Morgan fingerprint density at radius 2 is 2.04 bits per heavy atom. The second kappa shape index (κ2) is 7.08. The molecule has 4 N–H and O–H groups in total. The molecule has 0 spiro atoms. The number of carbonyl (C=O) groups is 3. The first-order valence-corrected chi connectivity index (χ1v) is 8.87. The van der Waals surface area contributed by atoms with Gasteiger partial charge in [-0.25, -0.2) is 0 Å². The molecule has 1 saturated heterocycles. The van der Waals surface area contributed by atoms with E-state index in [0.717, 1.165) is 4.47 Å². The van der Waals surface area contributed by atoms with E-state index < -0.39 is 29.9 Å². The first kappa shape index (κ1) is 18.4. The quantitative estimate of drug-likeness (QED) is 0.646. The van der Waals surface area contributed by atoms with E-state index in [1.807, 2.05) is 0 Å². The second-order valence-electron chi connectivity index (χ2n) is 6.31. The van der Waals surface area contributed by atoms with E-state index in [-0.39, 0.29) is 6.54 Å². The molecule has 1 unspecified atom stereocenters. The van der Waals surface area contributed by atoms with Gasteiger partial charge in [0.25, 0.3) is 0 Å². The van der Waals surface area contributed by atoms with Crippen LogP contribution in [-0.4, -0.2) is 50.1 Å². The molecule has 0 bridgehead atoms. The number of benzene rings is 1. The summed E-state index contributed by atoms with van der Waals surface area (Å²) in [5.41, 5.74) is 6.51. The molecule has 1 aromatic carbocycles. The lowest BCUT2D eigenvalue weighted by atomic mass is 10.0. The van der Waals surface area contributed by atoms with Gasteiger partial charge in [0, 0.05) is 33.7 Å². The minimum absolute atomic E-state index is 0.288. The van der Waals surface area contributed by atoms with Crippen molar-refractivity contribution in [2.45, 2.75) is 31.5 Å². The molecule has 1 fully saturated rings. The Hall–Kier alpha value is -2.39. The molecule has 1 aliphatic heterocycles. The van der Waals surface area contributed by atoms with Crippen LogP contribution in [0.25, 0.3) is 10.9 Å². The number of nitrogens with two attached hydrogens (primary N) is 1. The zero-order valence-corrected chi connectivity index (χ0v) is 15.3. The zero-order chi connectivity index (χ0) is 19.0. The fraction of sp³-hybridized carbons (Fsp3) is 0.353. The fourth-order valence-corrected chi connectivity index (χ4v) is 4.01. The van der Waals surface area contributed by atoms with Gasteiger partial charge in [-0.3, -0.25) is 19.3 Å². The fourth-order valence-electron chi connectivity index (χ4n) is 3.65. The summed E-state index contributed by atoms with van der Waals surface area (Å²) in [4.78, 5) is 36.6. The number of carboxylic acid groups (broad SMARTS) is 2. The number of fused-ring (bicyclic) bond motifs is 1. The molecule has 1 amide bonds. The minimum Gasteiger partial charge on any atom is -0.480 e. The number of hydrogen-bond acceptors (Lipinski definition) is 4. The summed E-state index contributed by atoms with van der Waals surface area (Å²) in [6.07, 6.45) is 2.73. The number of primary amides is 1. The number of amides is 1. The first-order valence-electron chi connectivity index (χ1n) is 8.07. The molecule has 1 aliphatic rings. The smallest absolute Gasteiger partial charge is 0.325 e. The van der Waals surface area contributed by atoms with Crippen LogP contribution >= 0.6 is 15.9 Å². The molecular formula is C17H18BrN3O5. The monoisotopic (exact) mass is 423 g/mol. The Kier molecular flexibility index (Phi) is 5.01. The van der Waals surface area contributed by atoms with E-state index in [1.165, 1.54) is 4.57 Å². The van der Waals surface area contributed by atoms with E-state index in [2.05, 4.69) is 15.9 Å². The summed E-state index contributed by atoms with van der Waals surface area (Å²) >= 11 is 3.37. The van der Waals surface area contributed by atoms with Crippen molar-refractivity contribution in [1.29, 1.82) is 0 Å². The van der Waals surface area contributed by atoms with E-state index in [1.54, 1.807) is 29.3 Å². The highest BCUT2D eigenvalue weighted by atomic mass is 79.9. The second-order valence-corrected chi connectivity index (χ2v) is 7.22. The zero-order valence-electron chi connectivity index (χ0n) is 13.8. The van der Waals surface area contributed by atoms with Crippen LogP contribution in [0, 0.1) is 0 Å². The first-order chi connectivity index (χ1) is 12.3. The van der Waals surface area contributed by atoms with Crippen molar-refractivity contribution < 1.29 is 24.6 Å². The van der Waals surface area contributed by atoms with Crippen molar-refractivity contribution in [3.05, 3.63) is 34.4 Å². The van der Waals surface area contributed by atoms with Crippen molar-refractivity contribution in [2.75, 3.05) is 6.54 Å². The van der Waals surface area contributed by atoms with Gasteiger partial charge in [-0.2, -0.15) is 0 Å². The lowest BCUT2D eigenvalue weighted by Gasteiger charge is -2.28. The average molecular weight is 424 g/mol. The third-order valence-electron chi connectivity index (χ3n) is 4.66. The van der Waals surface area contributed by atoms with E-state index >= 15 is 0 Å². The van der Waals surface area contributed by atoms with Gasteiger partial charge < -0.3 is 20.5 Å². The number of carboxylic acids is 2. The normalized spacial score (nSPS) is 18.9. The largest absolute Gasteiger partial charge is 0.480 e. The molecule has 8 nitrogen and oxygen atoms in total. The van der Waals surface area contributed by atoms with E-state index in [4.69, 9.17) is 10.8 Å². The van der Waals surface area contributed by atoms with Crippen LogP contribution in [-0.2, 0) is 20.9 Å². The maximum Gasteiger partial charge on any atom is 0.325 e. The highest BCUT2D eigenvalue weighted by Crippen LogP contribution is 2.36. The Balaban J connectivity index is 2.17. The van der Waals surface area contributed by atoms with Crippen LogP contribution in [0.4, 0.5) is 0 Å². The van der Waals surface area contributed by atoms with E-state index in [9.17, 15) is 19.5 Å². The van der Waals surface area contributed by atoms with Gasteiger partial charge in [-0.05, 0) is 31.0 Å². The third kappa shape index (κ3) is 3.32. The maximum atomic E-state index is 12.1. The van der Waals surface area contributed by atoms with Gasteiger partial charge >= 0.3 is 11.9 Å². The van der Waals surface area contributed by atoms with Crippen LogP contribution < -0.4 is 5.73 Å². The molecule has 0 aliphatic carbocycles. The standard InChI is InChI=1S/C17H18BrN3O5/c18-9-3-4-12-10(6-9)11(7-20(12)8-14(22)23)15(17(25)26)21-5-1-2-13(21)16(19)24/h3-4,6-7,13,15H,1-2,5,8H2,(H2,19,24)(H,22,23)(H,25,26)/t13-,15?/m0/s1. The Morgan fingerprint density at radius 3 is 2.65 bits per heavy atom. The lowest BCUT2D eigenvalue weighted by Crippen LogP contribution is -2.44. The molecule has 138 valence electrons. The van der Waals surface area contributed by atoms with Crippen LogP contribution in [0.5, 0.6) is 0 Å². The average Bonchev–Trinajstić information content (AvgIpc) is 3.13. The molecule has 1 aromatic heterocycles. The topological polar surface area (TPSA) is 126 Å². The number of carbonyl (C=O) groups excluding carboxylic acids is 1. The van der Waals surface area contributed by atoms with Crippen molar-refractivity contribution in [3.63, 3.8) is 0 Å². The lowest BCUT2D eigenvalue weighted by molar-refractivity contribution is -0.144. The molecule has 9 heteroatoms. The van der Waals surface area contributed by atoms with Crippen LogP contribution in [0.15, 0.2) is 28.9 Å². The molecule has 0 saturated carbocycles. The number of likely N-dealkylation sites (tertiary alicyclic amines) is 1. The Bertz CT molecular complexity index is 894. The maximum absolute atomic E-state index is 12.1. The van der Waals surface area contributed by atoms with Gasteiger partial charge in [0.2, 0.25) is 5.91 Å². The van der Waals surface area contributed by atoms with Crippen molar-refractivity contribution in [2.24, 2.45) is 5.73 Å². The molecule has 2 atom stereocenters. The van der Waals surface area contributed by atoms with Crippen LogP contribution in [0.1, 0.15) is 24.4 Å². The summed E-state index contributed by atoms with van der Waals surface area (Å²) in [5, 5.41) is 19.6. The van der Waals surface area contributed by atoms with Gasteiger partial charge in [0.1, 0.15) is 12.6 Å². The predicted molar refractivity (Wildman–Crippen MR) is 96.6 cm³/mol. The molecular weight excluding hydrogens is 406 g/mol. The number of rotatable bonds is 6. The van der Waals surface area contributed by atoms with Crippen molar-refractivity contribution in [3.8, 4) is 0 Å². The molecule has 2 aromatic rings. The highest BCUT2D eigenvalue weighted by Gasteiger charge is 2.40. The summed E-state index contributed by atoms with van der Waals surface area (Å²) in [6, 6.07) is 3.53. The number of hydrogen-bond donors (Lipinski definition) is 3. The molecule has 26 heavy (non-hydrogen) atoms. The van der Waals surface area contributed by atoms with Gasteiger partial charge in [-0.1, -0.05) is 15.9 Å². The van der Waals surface area contributed by atoms with Crippen LogP contribution in [0.3, 0.4) is 0 Å². The Morgan fingerprint density at radius 1 is 1.31 bits per heavy atom. The van der Waals surface area contributed by atoms with Crippen LogP contribution in [0.2, 0.25) is 0 Å². The summed E-state index contributed by atoms with van der Waals surface area (Å²) in [5.74, 6) is -2.68. The summed E-state index contributed by atoms with van der Waals surface area (Å²) in [7, 11) is 0. The highest BCUT2D eigenvalue weighted by molar-refractivity contribution is 9.10. The Labute approximate surface area is 157 Å². The number of aromatic nitrogens is 1. The van der Waals surface area contributed by atoms with Crippen molar-refractivity contribution >= 4 is 44.7 Å². The minimum atomic E-state index is -1.10. The van der Waals surface area contributed by atoms with E-state index in [0.29, 0.717) is 35.9 Å². The van der Waals surface area contributed by atoms with Gasteiger partial charge in [0.15, 0.2) is 0 Å². The predicted octanol–water partition coefficient (Wildman–Crippen LogP) is 1.56. The number of halogens is 1. The van der Waals surface area contributed by atoms with Crippen molar-refractivity contribution in [1.82, 2.24) is 9.47 Å². The number of aliphatic carboxylic acids is 2. The summed E-state index contributed by atoms with van der Waals surface area (Å²) in [6.45, 7) is 0.147. The SMILES string of the molecule is NC(=O)[C@@H]1CCCN1C(C(=O)O)c1cn(CC(=O)O)c2ccc(Br)cc12.